The van der Waals surface area contributed by atoms with Gasteiger partial charge in [-0.05, 0) is 125 Å². The number of aromatic nitrogens is 3. The maximum Gasteiger partial charge on any atom is 0.252 e. The Kier molecular flexibility index (Phi) is 8.73. The fourth-order valence-corrected chi connectivity index (χ4v) is 9.74. The Bertz CT molecular complexity index is 3030. The molecule has 0 saturated heterocycles. The van der Waals surface area contributed by atoms with Gasteiger partial charge in [-0.2, -0.15) is 0 Å². The van der Waals surface area contributed by atoms with Crippen LogP contribution in [-0.4, -0.2) is 21.2 Å². The lowest BCUT2D eigenvalue weighted by molar-refractivity contribution is 0.955. The molecule has 4 heterocycles. The van der Waals surface area contributed by atoms with Crippen LogP contribution in [0.2, 0.25) is 0 Å². The molecule has 0 spiro atoms. The SMILES string of the molecule is CCc1cc2c3c(c1)N(Cc1ccccc1)c1ccc(-c4nc5ccccc5n4-c4c(C)cccc4C)cc1B3c1cc(-c3ccccn3)ccc1N2Cc1ccccc1. The molecule has 0 radical (unpaired) electrons. The van der Waals surface area contributed by atoms with Gasteiger partial charge in [-0.1, -0.05) is 122 Å². The van der Waals surface area contributed by atoms with Crippen LogP contribution in [0.4, 0.5) is 22.7 Å². The first kappa shape index (κ1) is 35.9. The number of hydrogen-bond acceptors (Lipinski definition) is 4. The smallest absolute Gasteiger partial charge is 0.252 e. The zero-order valence-corrected chi connectivity index (χ0v) is 34.2. The molecule has 0 N–H and O–H groups in total. The minimum Gasteiger partial charge on any atom is -0.338 e. The van der Waals surface area contributed by atoms with Gasteiger partial charge in [-0.3, -0.25) is 9.55 Å². The zero-order chi connectivity index (χ0) is 40.3. The van der Waals surface area contributed by atoms with E-state index < -0.39 is 0 Å². The van der Waals surface area contributed by atoms with E-state index in [9.17, 15) is 0 Å². The summed E-state index contributed by atoms with van der Waals surface area (Å²) in [5, 5.41) is 0. The topological polar surface area (TPSA) is 37.2 Å². The van der Waals surface area contributed by atoms with Crippen LogP contribution >= 0.6 is 0 Å². The van der Waals surface area contributed by atoms with Gasteiger partial charge in [-0.25, -0.2) is 4.98 Å². The molecule has 0 aliphatic carbocycles. The molecule has 0 unspecified atom stereocenters. The van der Waals surface area contributed by atoms with Crippen LogP contribution < -0.4 is 26.2 Å². The van der Waals surface area contributed by atoms with Crippen molar-refractivity contribution in [2.45, 2.75) is 40.3 Å². The summed E-state index contributed by atoms with van der Waals surface area (Å²) < 4.78 is 2.38. The Labute approximate surface area is 352 Å². The van der Waals surface area contributed by atoms with Crippen molar-refractivity contribution in [1.29, 1.82) is 0 Å². The maximum atomic E-state index is 5.42. The number of benzene rings is 7. The molecule has 11 rings (SSSR count). The number of anilines is 4. The van der Waals surface area contributed by atoms with Crippen LogP contribution in [0.15, 0.2) is 176 Å². The number of para-hydroxylation sites is 3. The predicted molar refractivity (Wildman–Crippen MR) is 251 cm³/mol. The van der Waals surface area contributed by atoms with Gasteiger partial charge in [0.1, 0.15) is 5.82 Å². The van der Waals surface area contributed by atoms with Gasteiger partial charge in [-0.15, -0.1) is 0 Å². The van der Waals surface area contributed by atoms with E-state index in [1.54, 1.807) is 0 Å². The van der Waals surface area contributed by atoms with Gasteiger partial charge in [0.25, 0.3) is 6.71 Å². The van der Waals surface area contributed by atoms with Gasteiger partial charge in [0.2, 0.25) is 0 Å². The lowest BCUT2D eigenvalue weighted by atomic mass is 9.33. The molecule has 0 atom stereocenters. The largest absolute Gasteiger partial charge is 0.338 e. The molecule has 2 aliphatic heterocycles. The van der Waals surface area contributed by atoms with Crippen LogP contribution in [0, 0.1) is 13.8 Å². The second-order valence-corrected chi connectivity index (χ2v) is 16.2. The van der Waals surface area contributed by atoms with Crippen molar-refractivity contribution in [2.75, 3.05) is 9.80 Å². The Hall–Kier alpha value is -7.18. The number of rotatable bonds is 8. The lowest BCUT2D eigenvalue weighted by Crippen LogP contribution is -2.62. The predicted octanol–water partition coefficient (Wildman–Crippen LogP) is 10.8. The average molecular weight is 774 g/mol. The second kappa shape index (κ2) is 14.6. The number of pyridine rings is 1. The van der Waals surface area contributed by atoms with Gasteiger partial charge < -0.3 is 9.80 Å². The molecule has 9 aromatic rings. The summed E-state index contributed by atoms with van der Waals surface area (Å²) in [4.78, 5) is 15.4. The summed E-state index contributed by atoms with van der Waals surface area (Å²) in [7, 11) is 0. The van der Waals surface area contributed by atoms with Crippen LogP contribution in [0.3, 0.4) is 0 Å². The van der Waals surface area contributed by atoms with E-state index in [0.717, 1.165) is 53.2 Å². The summed E-state index contributed by atoms with van der Waals surface area (Å²) >= 11 is 0. The highest BCUT2D eigenvalue weighted by Crippen LogP contribution is 2.42. The number of aryl methyl sites for hydroxylation is 3. The first-order chi connectivity index (χ1) is 29.5. The number of fused-ring (bicyclic) bond motifs is 5. The van der Waals surface area contributed by atoms with E-state index in [1.165, 1.54) is 72.6 Å². The summed E-state index contributed by atoms with van der Waals surface area (Å²) in [5.74, 6) is 0.947. The van der Waals surface area contributed by atoms with Gasteiger partial charge in [0.05, 0.1) is 22.4 Å². The Morgan fingerprint density at radius 1 is 0.517 bits per heavy atom. The zero-order valence-electron chi connectivity index (χ0n) is 34.2. The molecule has 0 saturated carbocycles. The molecule has 60 heavy (non-hydrogen) atoms. The fourth-order valence-electron chi connectivity index (χ4n) is 9.74. The van der Waals surface area contributed by atoms with E-state index in [1.807, 2.05) is 12.3 Å². The maximum absolute atomic E-state index is 5.42. The van der Waals surface area contributed by atoms with Crippen LogP contribution in [0.1, 0.15) is 34.7 Å². The van der Waals surface area contributed by atoms with Crippen LogP contribution in [-0.2, 0) is 19.5 Å². The van der Waals surface area contributed by atoms with Crippen LogP contribution in [0.25, 0.3) is 39.4 Å². The number of imidazole rings is 1. The highest BCUT2D eigenvalue weighted by molar-refractivity contribution is 7.00. The Morgan fingerprint density at radius 2 is 1.10 bits per heavy atom. The molecule has 0 fully saturated rings. The van der Waals surface area contributed by atoms with Gasteiger partial charge in [0.15, 0.2) is 0 Å². The molecule has 5 nitrogen and oxygen atoms in total. The average Bonchev–Trinajstić information content (AvgIpc) is 3.67. The molecule has 7 aromatic carbocycles. The molecule has 6 heteroatoms. The van der Waals surface area contributed by atoms with Crippen molar-refractivity contribution in [3.05, 3.63) is 204 Å². The minimum absolute atomic E-state index is 0.0356. The molecular formula is C54H44BN5. The summed E-state index contributed by atoms with van der Waals surface area (Å²) in [5.41, 5.74) is 21.7. The highest BCUT2D eigenvalue weighted by atomic mass is 15.2. The first-order valence-electron chi connectivity index (χ1n) is 21.1. The van der Waals surface area contributed by atoms with E-state index in [2.05, 4.69) is 199 Å². The Balaban J connectivity index is 1.20. The van der Waals surface area contributed by atoms with Crippen molar-refractivity contribution in [1.82, 2.24) is 14.5 Å². The summed E-state index contributed by atoms with van der Waals surface area (Å²) in [6.07, 6.45) is 2.83. The highest BCUT2D eigenvalue weighted by Gasteiger charge is 2.43. The molecule has 288 valence electrons. The summed E-state index contributed by atoms with van der Waals surface area (Å²) in [6.45, 7) is 8.16. The quantitative estimate of drug-likeness (QED) is 0.144. The third-order valence-electron chi connectivity index (χ3n) is 12.5. The number of nitrogens with zero attached hydrogens (tertiary/aromatic N) is 5. The van der Waals surface area contributed by atoms with E-state index in [4.69, 9.17) is 9.97 Å². The van der Waals surface area contributed by atoms with E-state index in [0.29, 0.717) is 0 Å². The standard InChI is InChI=1S/C54H44BN5/c1-4-38-30-50-52-51(31-38)59(35-40-20-9-6-10-21-40)48-28-26-42(54-57-46-23-11-12-24-49(46)60(54)53-36(2)16-15-17-37(53)3)33-44(48)55(52)43-32-41(45-22-13-14-29-56-45)25-27-47(43)58(50)34-39-18-7-5-8-19-39/h5-33H,4,34-35H2,1-3H3. The van der Waals surface area contributed by atoms with Crippen molar-refractivity contribution in [3.63, 3.8) is 0 Å². The van der Waals surface area contributed by atoms with Crippen molar-refractivity contribution in [2.24, 2.45) is 0 Å². The lowest BCUT2D eigenvalue weighted by Gasteiger charge is -2.45. The molecule has 0 amide bonds. The fraction of sp³-hybridized carbons (Fsp3) is 0.111. The van der Waals surface area contributed by atoms with Gasteiger partial charge in [0, 0.05) is 47.6 Å². The molecule has 2 aromatic heterocycles. The van der Waals surface area contributed by atoms with Crippen molar-refractivity contribution >= 4 is 56.9 Å². The molecular weight excluding hydrogens is 729 g/mol. The van der Waals surface area contributed by atoms with Gasteiger partial charge >= 0.3 is 0 Å². The normalized spacial score (nSPS) is 12.7. The Morgan fingerprint density at radius 3 is 1.72 bits per heavy atom. The van der Waals surface area contributed by atoms with Crippen molar-refractivity contribution in [3.8, 4) is 28.3 Å². The molecule has 0 bridgehead atoms. The van der Waals surface area contributed by atoms with Crippen LogP contribution in [0.5, 0.6) is 0 Å². The third kappa shape index (κ3) is 5.93. The molecule has 2 aliphatic rings. The van der Waals surface area contributed by atoms with Crippen molar-refractivity contribution < 1.29 is 0 Å². The first-order valence-corrected chi connectivity index (χ1v) is 21.1. The van der Waals surface area contributed by atoms with E-state index >= 15 is 0 Å². The third-order valence-corrected chi connectivity index (χ3v) is 12.5. The monoisotopic (exact) mass is 773 g/mol. The second-order valence-electron chi connectivity index (χ2n) is 16.2. The number of hydrogen-bond donors (Lipinski definition) is 0. The minimum atomic E-state index is -0.0356. The summed E-state index contributed by atoms with van der Waals surface area (Å²) in [6, 6.07) is 62.1. The van der Waals surface area contributed by atoms with E-state index in [-0.39, 0.29) is 6.71 Å².